The molecule has 1 nitrogen and oxygen atoms in total. The molecule has 0 radical (unpaired) electrons. The summed E-state index contributed by atoms with van der Waals surface area (Å²) in [6.45, 7) is 5.61. The van der Waals surface area contributed by atoms with Gasteiger partial charge in [0.1, 0.15) is 0 Å². The molecule has 0 aromatic heterocycles. The second-order valence-electron chi connectivity index (χ2n) is 5.33. The van der Waals surface area contributed by atoms with Crippen LogP contribution in [0.3, 0.4) is 0 Å². The van der Waals surface area contributed by atoms with Crippen LogP contribution in [0, 0.1) is 11.8 Å². The Hall–Kier alpha value is -0.0500. The highest BCUT2D eigenvalue weighted by atomic mass is 79.9. The molecule has 3 unspecified atom stereocenters. The van der Waals surface area contributed by atoms with Crippen LogP contribution in [0.25, 0.3) is 0 Å². The van der Waals surface area contributed by atoms with Crippen LogP contribution in [0.15, 0.2) is 22.7 Å². The lowest BCUT2D eigenvalue weighted by molar-refractivity contribution is 0.344. The molecule has 0 amide bonds. The van der Waals surface area contributed by atoms with Crippen molar-refractivity contribution in [3.63, 3.8) is 0 Å². The van der Waals surface area contributed by atoms with Gasteiger partial charge in [-0.1, -0.05) is 53.9 Å². The summed E-state index contributed by atoms with van der Waals surface area (Å²) in [5.74, 6) is 1.69. The van der Waals surface area contributed by atoms with Crippen LogP contribution in [0.5, 0.6) is 0 Å². The van der Waals surface area contributed by atoms with Crippen LogP contribution < -0.4 is 5.32 Å². The molecule has 100 valence electrons. The van der Waals surface area contributed by atoms with Crippen LogP contribution in [0.2, 0.25) is 5.02 Å². The van der Waals surface area contributed by atoms with E-state index in [1.165, 1.54) is 24.8 Å². The summed E-state index contributed by atoms with van der Waals surface area (Å²) >= 11 is 9.53. The molecule has 0 aliphatic heterocycles. The van der Waals surface area contributed by atoms with Crippen molar-refractivity contribution in [2.75, 3.05) is 0 Å². The summed E-state index contributed by atoms with van der Waals surface area (Å²) < 4.78 is 1.10. The van der Waals surface area contributed by atoms with Crippen molar-refractivity contribution in [1.29, 1.82) is 0 Å². The highest BCUT2D eigenvalue weighted by molar-refractivity contribution is 9.10. The molecule has 1 fully saturated rings. The Bertz CT molecular complexity index is 407. The Balaban J connectivity index is 1.92. The third kappa shape index (κ3) is 3.28. The molecule has 1 aliphatic carbocycles. The highest BCUT2D eigenvalue weighted by Gasteiger charge is 2.30. The summed E-state index contributed by atoms with van der Waals surface area (Å²) in [6.07, 6.45) is 3.99. The molecule has 0 heterocycles. The zero-order chi connectivity index (χ0) is 13.1. The monoisotopic (exact) mass is 329 g/mol. The van der Waals surface area contributed by atoms with Gasteiger partial charge in [-0.2, -0.15) is 0 Å². The van der Waals surface area contributed by atoms with Crippen molar-refractivity contribution in [3.05, 3.63) is 33.3 Å². The maximum absolute atomic E-state index is 5.95. The van der Waals surface area contributed by atoms with Crippen LogP contribution in [-0.4, -0.2) is 6.04 Å². The van der Waals surface area contributed by atoms with E-state index in [9.17, 15) is 0 Å². The molecule has 1 aliphatic rings. The third-order valence-corrected chi connectivity index (χ3v) is 5.29. The molecule has 3 heteroatoms. The maximum atomic E-state index is 5.95. The zero-order valence-electron chi connectivity index (χ0n) is 11.0. The van der Waals surface area contributed by atoms with Crippen molar-refractivity contribution < 1.29 is 0 Å². The number of hydrogen-bond donors (Lipinski definition) is 1. The quantitative estimate of drug-likeness (QED) is 0.817. The maximum Gasteiger partial charge on any atom is 0.0417 e. The standard InChI is InChI=1S/C15H21BrClN/c1-3-11-5-7-15(10(11)2)18-9-12-4-6-13(17)8-14(12)16/h4,6,8,10-11,15,18H,3,5,7,9H2,1-2H3. The van der Waals surface area contributed by atoms with E-state index in [0.29, 0.717) is 6.04 Å². The van der Waals surface area contributed by atoms with Gasteiger partial charge in [0.05, 0.1) is 0 Å². The van der Waals surface area contributed by atoms with Crippen molar-refractivity contribution in [3.8, 4) is 0 Å². The number of halogens is 2. The fourth-order valence-electron chi connectivity index (χ4n) is 3.02. The van der Waals surface area contributed by atoms with E-state index in [1.54, 1.807) is 0 Å². The number of rotatable bonds is 4. The van der Waals surface area contributed by atoms with E-state index in [1.807, 2.05) is 12.1 Å². The van der Waals surface area contributed by atoms with E-state index < -0.39 is 0 Å². The minimum Gasteiger partial charge on any atom is -0.310 e. The van der Waals surface area contributed by atoms with Gasteiger partial charge in [0.15, 0.2) is 0 Å². The summed E-state index contributed by atoms with van der Waals surface area (Å²) in [5, 5.41) is 4.48. The summed E-state index contributed by atoms with van der Waals surface area (Å²) in [6, 6.07) is 6.68. The van der Waals surface area contributed by atoms with Gasteiger partial charge in [0.2, 0.25) is 0 Å². The van der Waals surface area contributed by atoms with Gasteiger partial charge >= 0.3 is 0 Å². The Morgan fingerprint density at radius 3 is 2.78 bits per heavy atom. The predicted octanol–water partition coefficient (Wildman–Crippen LogP) is 5.02. The van der Waals surface area contributed by atoms with Gasteiger partial charge in [-0.3, -0.25) is 0 Å². The summed E-state index contributed by atoms with van der Waals surface area (Å²) in [4.78, 5) is 0. The minimum absolute atomic E-state index is 0.664. The molecule has 2 rings (SSSR count). The number of hydrogen-bond acceptors (Lipinski definition) is 1. The van der Waals surface area contributed by atoms with Gasteiger partial charge in [0, 0.05) is 22.1 Å². The van der Waals surface area contributed by atoms with Crippen LogP contribution >= 0.6 is 27.5 Å². The average Bonchev–Trinajstić information content (AvgIpc) is 2.69. The Kier molecular flexibility index (Phi) is 5.11. The van der Waals surface area contributed by atoms with Gasteiger partial charge in [-0.25, -0.2) is 0 Å². The molecule has 1 aromatic rings. The van der Waals surface area contributed by atoms with Gasteiger partial charge in [-0.15, -0.1) is 0 Å². The number of nitrogens with one attached hydrogen (secondary N) is 1. The van der Waals surface area contributed by atoms with E-state index in [2.05, 4.69) is 41.2 Å². The SMILES string of the molecule is CCC1CCC(NCc2ccc(Cl)cc2Br)C1C. The highest BCUT2D eigenvalue weighted by Crippen LogP contribution is 2.34. The van der Waals surface area contributed by atoms with Gasteiger partial charge in [-0.05, 0) is 42.4 Å². The normalized spacial score (nSPS) is 27.7. The smallest absolute Gasteiger partial charge is 0.0417 e. The van der Waals surface area contributed by atoms with Gasteiger partial charge in [0.25, 0.3) is 0 Å². The van der Waals surface area contributed by atoms with Crippen molar-refractivity contribution in [2.45, 2.75) is 45.7 Å². The lowest BCUT2D eigenvalue weighted by Crippen LogP contribution is -2.32. The molecule has 1 aromatic carbocycles. The first-order valence-corrected chi connectivity index (χ1v) is 7.96. The number of benzene rings is 1. The molecule has 0 spiro atoms. The van der Waals surface area contributed by atoms with E-state index in [-0.39, 0.29) is 0 Å². The Labute approximate surface area is 123 Å². The largest absolute Gasteiger partial charge is 0.310 e. The van der Waals surface area contributed by atoms with Gasteiger partial charge < -0.3 is 5.32 Å². The van der Waals surface area contributed by atoms with Crippen molar-refractivity contribution >= 4 is 27.5 Å². The zero-order valence-corrected chi connectivity index (χ0v) is 13.4. The topological polar surface area (TPSA) is 12.0 Å². The van der Waals surface area contributed by atoms with Crippen LogP contribution in [0.1, 0.15) is 38.7 Å². The fraction of sp³-hybridized carbons (Fsp3) is 0.600. The van der Waals surface area contributed by atoms with Crippen molar-refractivity contribution in [2.24, 2.45) is 11.8 Å². The molecule has 3 atom stereocenters. The molecular formula is C15H21BrClN. The Morgan fingerprint density at radius 1 is 1.39 bits per heavy atom. The molecule has 1 saturated carbocycles. The second kappa shape index (κ2) is 6.40. The summed E-state index contributed by atoms with van der Waals surface area (Å²) in [5.41, 5.74) is 1.28. The molecule has 1 N–H and O–H groups in total. The fourth-order valence-corrected chi connectivity index (χ4v) is 3.84. The minimum atomic E-state index is 0.664. The van der Waals surface area contributed by atoms with E-state index in [0.717, 1.165) is 27.9 Å². The van der Waals surface area contributed by atoms with Crippen molar-refractivity contribution in [1.82, 2.24) is 5.32 Å². The summed E-state index contributed by atoms with van der Waals surface area (Å²) in [7, 11) is 0. The van der Waals surface area contributed by atoms with E-state index >= 15 is 0 Å². The lowest BCUT2D eigenvalue weighted by Gasteiger charge is -2.21. The Morgan fingerprint density at radius 2 is 2.17 bits per heavy atom. The molecule has 0 saturated heterocycles. The van der Waals surface area contributed by atoms with E-state index in [4.69, 9.17) is 11.6 Å². The second-order valence-corrected chi connectivity index (χ2v) is 6.62. The predicted molar refractivity (Wildman–Crippen MR) is 82.0 cm³/mol. The van der Waals surface area contributed by atoms with Crippen LogP contribution in [-0.2, 0) is 6.54 Å². The average molecular weight is 331 g/mol. The molecule has 18 heavy (non-hydrogen) atoms. The first kappa shape index (κ1) is 14.4. The lowest BCUT2D eigenvalue weighted by atomic mass is 9.93. The third-order valence-electron chi connectivity index (χ3n) is 4.32. The molecule has 0 bridgehead atoms. The first-order valence-electron chi connectivity index (χ1n) is 6.79. The first-order chi connectivity index (χ1) is 8.61. The molecular weight excluding hydrogens is 310 g/mol. The van der Waals surface area contributed by atoms with Crippen LogP contribution in [0.4, 0.5) is 0 Å².